The van der Waals surface area contributed by atoms with E-state index in [0.717, 1.165) is 5.56 Å². The molecule has 1 amide bonds. The highest BCUT2D eigenvalue weighted by Gasteiger charge is 2.10. The number of nitrogens with zero attached hydrogens (tertiary/aromatic N) is 1. The lowest BCUT2D eigenvalue weighted by atomic mass is 10.1. The quantitative estimate of drug-likeness (QED) is 0.861. The first-order chi connectivity index (χ1) is 9.70. The van der Waals surface area contributed by atoms with E-state index < -0.39 is 0 Å². The summed E-state index contributed by atoms with van der Waals surface area (Å²) >= 11 is 1.44. The van der Waals surface area contributed by atoms with Crippen molar-refractivity contribution in [1.82, 2.24) is 10.3 Å². The van der Waals surface area contributed by atoms with E-state index in [-0.39, 0.29) is 11.7 Å². The van der Waals surface area contributed by atoms with Gasteiger partial charge in [0.2, 0.25) is 0 Å². The summed E-state index contributed by atoms with van der Waals surface area (Å²) in [5.74, 6) is -0.387. The van der Waals surface area contributed by atoms with Crippen LogP contribution < -0.4 is 5.32 Å². The fourth-order valence-corrected chi connectivity index (χ4v) is 2.34. The third-order valence-electron chi connectivity index (χ3n) is 2.82. The molecular weight excluding hydrogens is 275 g/mol. The van der Waals surface area contributed by atoms with Gasteiger partial charge in [0.05, 0.1) is 5.56 Å². The van der Waals surface area contributed by atoms with Crippen LogP contribution in [0.2, 0.25) is 0 Å². The third-order valence-corrected chi connectivity index (χ3v) is 3.53. The van der Waals surface area contributed by atoms with E-state index in [1.165, 1.54) is 23.9 Å². The van der Waals surface area contributed by atoms with Gasteiger partial charge in [0.15, 0.2) is 0 Å². The maximum Gasteiger partial charge on any atom is 0.254 e. The van der Waals surface area contributed by atoms with Crippen LogP contribution in [0.3, 0.4) is 0 Å². The molecule has 0 aliphatic rings. The molecule has 0 fully saturated rings. The molecule has 0 saturated heterocycles. The zero-order valence-corrected chi connectivity index (χ0v) is 11.9. The van der Waals surface area contributed by atoms with Crippen LogP contribution in [-0.4, -0.2) is 23.7 Å². The fraction of sp³-hybridized carbons (Fsp3) is 0.200. The largest absolute Gasteiger partial charge is 0.352 e. The van der Waals surface area contributed by atoms with E-state index in [2.05, 4.69) is 10.3 Å². The third kappa shape index (κ3) is 3.81. The van der Waals surface area contributed by atoms with Crippen LogP contribution in [0.4, 0.5) is 4.39 Å². The zero-order valence-electron chi connectivity index (χ0n) is 11.1. The highest BCUT2D eigenvalue weighted by molar-refractivity contribution is 7.98. The number of benzene rings is 1. The molecule has 5 heteroatoms. The number of carbonyl (C=O) groups excluding carboxylic acids is 1. The van der Waals surface area contributed by atoms with E-state index >= 15 is 0 Å². The molecule has 0 spiro atoms. The Bertz CT molecular complexity index is 587. The summed E-state index contributed by atoms with van der Waals surface area (Å²) in [6, 6.07) is 9.78. The summed E-state index contributed by atoms with van der Waals surface area (Å²) in [7, 11) is 0. The Morgan fingerprint density at radius 3 is 2.75 bits per heavy atom. The maximum atomic E-state index is 12.8. The van der Waals surface area contributed by atoms with Crippen LogP contribution in [0.5, 0.6) is 0 Å². The van der Waals surface area contributed by atoms with Crippen LogP contribution in [0.1, 0.15) is 15.9 Å². The van der Waals surface area contributed by atoms with Gasteiger partial charge in [0.25, 0.3) is 5.91 Å². The van der Waals surface area contributed by atoms with E-state index in [1.54, 1.807) is 30.5 Å². The number of hydrogen-bond donors (Lipinski definition) is 1. The van der Waals surface area contributed by atoms with Gasteiger partial charge in [0.1, 0.15) is 10.8 Å². The summed E-state index contributed by atoms with van der Waals surface area (Å²) in [4.78, 5) is 16.2. The Labute approximate surface area is 121 Å². The Hall–Kier alpha value is -1.88. The number of hydrogen-bond acceptors (Lipinski definition) is 3. The molecule has 0 atom stereocenters. The first-order valence-electron chi connectivity index (χ1n) is 6.22. The van der Waals surface area contributed by atoms with Crippen molar-refractivity contribution in [3.63, 3.8) is 0 Å². The molecule has 104 valence electrons. The molecule has 1 N–H and O–H groups in total. The molecule has 0 radical (unpaired) electrons. The fourth-order valence-electron chi connectivity index (χ4n) is 1.79. The van der Waals surface area contributed by atoms with Gasteiger partial charge in [-0.05, 0) is 42.5 Å². The number of halogens is 1. The Morgan fingerprint density at radius 2 is 2.05 bits per heavy atom. The van der Waals surface area contributed by atoms with E-state index in [0.29, 0.717) is 23.6 Å². The summed E-state index contributed by atoms with van der Waals surface area (Å²) in [6.45, 7) is 0.507. The first-order valence-corrected chi connectivity index (χ1v) is 7.45. The number of aromatic nitrogens is 1. The second-order valence-corrected chi connectivity index (χ2v) is 4.99. The molecule has 2 aromatic rings. The van der Waals surface area contributed by atoms with Gasteiger partial charge in [-0.25, -0.2) is 9.37 Å². The second-order valence-electron chi connectivity index (χ2n) is 4.19. The Balaban J connectivity index is 1.90. The SMILES string of the molecule is CSc1ncccc1C(=O)NCCc1ccc(F)cc1. The van der Waals surface area contributed by atoms with Crippen molar-refractivity contribution in [3.8, 4) is 0 Å². The number of thioether (sulfide) groups is 1. The van der Waals surface area contributed by atoms with Crippen molar-refractivity contribution in [1.29, 1.82) is 0 Å². The molecule has 0 aliphatic heterocycles. The highest BCUT2D eigenvalue weighted by Crippen LogP contribution is 2.16. The molecule has 3 nitrogen and oxygen atoms in total. The summed E-state index contributed by atoms with van der Waals surface area (Å²) in [6.07, 6.45) is 4.22. The standard InChI is InChI=1S/C15H15FN2OS/c1-20-15-13(3-2-9-18-15)14(19)17-10-8-11-4-6-12(16)7-5-11/h2-7,9H,8,10H2,1H3,(H,17,19). The lowest BCUT2D eigenvalue weighted by Crippen LogP contribution is -2.26. The molecule has 0 aliphatic carbocycles. The van der Waals surface area contributed by atoms with Crippen molar-refractivity contribution >= 4 is 17.7 Å². The topological polar surface area (TPSA) is 42.0 Å². The molecule has 2 rings (SSSR count). The van der Waals surface area contributed by atoms with Gasteiger partial charge < -0.3 is 5.32 Å². The van der Waals surface area contributed by atoms with Crippen molar-refractivity contribution in [3.05, 3.63) is 59.5 Å². The molecule has 1 aromatic carbocycles. The van der Waals surface area contributed by atoms with E-state index in [4.69, 9.17) is 0 Å². The van der Waals surface area contributed by atoms with Gasteiger partial charge in [-0.15, -0.1) is 11.8 Å². The Kier molecular flexibility index (Phi) is 5.12. The molecular formula is C15H15FN2OS. The van der Waals surface area contributed by atoms with Gasteiger partial charge in [-0.3, -0.25) is 4.79 Å². The van der Waals surface area contributed by atoms with Gasteiger partial charge in [-0.2, -0.15) is 0 Å². The van der Waals surface area contributed by atoms with E-state index in [1.807, 2.05) is 6.26 Å². The first kappa shape index (κ1) is 14.5. The number of amides is 1. The minimum atomic E-state index is -0.252. The number of pyridine rings is 1. The maximum absolute atomic E-state index is 12.8. The summed E-state index contributed by atoms with van der Waals surface area (Å²) in [5.41, 5.74) is 1.57. The molecule has 0 saturated carbocycles. The predicted octanol–water partition coefficient (Wildman–Crippen LogP) is 2.92. The summed E-state index contributed by atoms with van der Waals surface area (Å²) < 4.78 is 12.8. The number of nitrogens with one attached hydrogen (secondary N) is 1. The average molecular weight is 290 g/mol. The molecule has 0 unspecified atom stereocenters. The number of rotatable bonds is 5. The lowest BCUT2D eigenvalue weighted by molar-refractivity contribution is 0.0950. The van der Waals surface area contributed by atoms with E-state index in [9.17, 15) is 9.18 Å². The lowest BCUT2D eigenvalue weighted by Gasteiger charge is -2.07. The van der Waals surface area contributed by atoms with Crippen molar-refractivity contribution in [2.45, 2.75) is 11.4 Å². The molecule has 1 heterocycles. The molecule has 0 bridgehead atoms. The monoisotopic (exact) mass is 290 g/mol. The summed E-state index contributed by atoms with van der Waals surface area (Å²) in [5, 5.41) is 3.57. The Morgan fingerprint density at radius 1 is 1.30 bits per heavy atom. The van der Waals surface area contributed by atoms with Gasteiger partial charge >= 0.3 is 0 Å². The zero-order chi connectivity index (χ0) is 14.4. The molecule has 1 aromatic heterocycles. The van der Waals surface area contributed by atoms with Crippen LogP contribution in [0.25, 0.3) is 0 Å². The van der Waals surface area contributed by atoms with Crippen LogP contribution in [0, 0.1) is 5.82 Å². The van der Waals surface area contributed by atoms with Gasteiger partial charge in [0, 0.05) is 12.7 Å². The van der Waals surface area contributed by atoms with Crippen LogP contribution in [-0.2, 0) is 6.42 Å². The normalized spacial score (nSPS) is 10.3. The van der Waals surface area contributed by atoms with Gasteiger partial charge in [-0.1, -0.05) is 12.1 Å². The second kappa shape index (κ2) is 7.05. The minimum absolute atomic E-state index is 0.135. The minimum Gasteiger partial charge on any atom is -0.352 e. The van der Waals surface area contributed by atoms with Crippen LogP contribution >= 0.6 is 11.8 Å². The number of carbonyl (C=O) groups is 1. The van der Waals surface area contributed by atoms with Crippen LogP contribution in [0.15, 0.2) is 47.6 Å². The predicted molar refractivity (Wildman–Crippen MR) is 78.5 cm³/mol. The average Bonchev–Trinajstić information content (AvgIpc) is 2.49. The van der Waals surface area contributed by atoms with Crippen molar-refractivity contribution in [2.75, 3.05) is 12.8 Å². The van der Waals surface area contributed by atoms with Crippen molar-refractivity contribution < 1.29 is 9.18 Å². The smallest absolute Gasteiger partial charge is 0.254 e. The highest BCUT2D eigenvalue weighted by atomic mass is 32.2. The van der Waals surface area contributed by atoms with Crippen molar-refractivity contribution in [2.24, 2.45) is 0 Å². The molecule has 20 heavy (non-hydrogen) atoms.